The Morgan fingerprint density at radius 1 is 1.55 bits per heavy atom. The van der Waals surface area contributed by atoms with Crippen LogP contribution >= 0.6 is 7.60 Å². The van der Waals surface area contributed by atoms with Crippen LogP contribution in [0.2, 0.25) is 0 Å². The van der Waals surface area contributed by atoms with Crippen molar-refractivity contribution in [2.75, 3.05) is 19.9 Å². The van der Waals surface area contributed by atoms with Gasteiger partial charge < -0.3 is 9.05 Å². The molecule has 66 valence electrons. The summed E-state index contributed by atoms with van der Waals surface area (Å²) < 4.78 is 21.4. The highest BCUT2D eigenvalue weighted by Gasteiger charge is 2.35. The van der Waals surface area contributed by atoms with Crippen LogP contribution in [0.15, 0.2) is 0 Å². The summed E-state index contributed by atoms with van der Waals surface area (Å²) in [6.45, 7) is 4.75. The fourth-order valence-electron chi connectivity index (χ4n) is 0.993. The van der Waals surface area contributed by atoms with E-state index in [1.54, 1.807) is 0 Å². The maximum atomic E-state index is 11.4. The zero-order valence-electron chi connectivity index (χ0n) is 7.29. The van der Waals surface area contributed by atoms with Crippen LogP contribution in [0, 0.1) is 5.41 Å². The molecular formula is C7H15O3P. The Hall–Kier alpha value is 0.150. The predicted octanol–water partition coefficient (Wildman–Crippen LogP) is 2.27. The Bertz CT molecular complexity index is 174. The molecule has 1 saturated heterocycles. The highest BCUT2D eigenvalue weighted by atomic mass is 31.2. The van der Waals surface area contributed by atoms with Gasteiger partial charge in [-0.25, -0.2) is 0 Å². The Morgan fingerprint density at radius 2 is 2.18 bits per heavy atom. The summed E-state index contributed by atoms with van der Waals surface area (Å²) in [4.78, 5) is 0. The Kier molecular flexibility index (Phi) is 2.43. The van der Waals surface area contributed by atoms with Gasteiger partial charge in [0.2, 0.25) is 0 Å². The third kappa shape index (κ3) is 2.29. The molecule has 0 spiro atoms. The molecular weight excluding hydrogens is 163 g/mol. The van der Waals surface area contributed by atoms with Gasteiger partial charge in [0.1, 0.15) is 0 Å². The largest absolute Gasteiger partial charge is 0.330 e. The second kappa shape index (κ2) is 2.89. The first-order chi connectivity index (χ1) is 4.97. The average molecular weight is 178 g/mol. The minimum absolute atomic E-state index is 0.159. The molecule has 0 aromatic heterocycles. The quantitative estimate of drug-likeness (QED) is 0.578. The summed E-state index contributed by atoms with van der Waals surface area (Å²) in [5, 5.41) is 0. The van der Waals surface area contributed by atoms with Gasteiger partial charge in [-0.15, -0.1) is 0 Å². The van der Waals surface area contributed by atoms with Crippen LogP contribution in [0.4, 0.5) is 0 Å². The predicted molar refractivity (Wildman–Crippen MR) is 43.8 cm³/mol. The molecule has 0 saturated carbocycles. The fraction of sp³-hybridized carbons (Fsp3) is 1.00. The number of hydrogen-bond acceptors (Lipinski definition) is 3. The van der Waals surface area contributed by atoms with Crippen LogP contribution in [-0.2, 0) is 13.6 Å². The molecule has 1 fully saturated rings. The van der Waals surface area contributed by atoms with Crippen LogP contribution in [0.3, 0.4) is 0 Å². The van der Waals surface area contributed by atoms with Gasteiger partial charge in [-0.3, -0.25) is 4.57 Å². The van der Waals surface area contributed by atoms with Crippen molar-refractivity contribution in [3.05, 3.63) is 0 Å². The molecule has 0 aromatic rings. The summed E-state index contributed by atoms with van der Waals surface area (Å²) in [5.74, 6) is 0. The standard InChI is InChI=1S/C7H15O3P/c1-7(2)4-5-11(8,9-3)10-6-7/h4-6H2,1-3H3. The first-order valence-electron chi connectivity index (χ1n) is 3.77. The topological polar surface area (TPSA) is 35.5 Å². The lowest BCUT2D eigenvalue weighted by Crippen LogP contribution is -2.25. The summed E-state index contributed by atoms with van der Waals surface area (Å²) >= 11 is 0. The molecule has 1 rings (SSSR count). The van der Waals surface area contributed by atoms with E-state index in [2.05, 4.69) is 13.8 Å². The van der Waals surface area contributed by atoms with Crippen molar-refractivity contribution in [3.8, 4) is 0 Å². The van der Waals surface area contributed by atoms with Crippen molar-refractivity contribution in [1.29, 1.82) is 0 Å². The highest BCUT2D eigenvalue weighted by Crippen LogP contribution is 2.54. The van der Waals surface area contributed by atoms with Gasteiger partial charge in [-0.2, -0.15) is 0 Å². The fourth-order valence-corrected chi connectivity index (χ4v) is 2.84. The Balaban J connectivity index is 2.55. The van der Waals surface area contributed by atoms with Gasteiger partial charge in [0.05, 0.1) is 12.8 Å². The van der Waals surface area contributed by atoms with Gasteiger partial charge in [0.25, 0.3) is 0 Å². The van der Waals surface area contributed by atoms with Crippen molar-refractivity contribution >= 4 is 7.60 Å². The molecule has 0 bridgehead atoms. The molecule has 0 N–H and O–H groups in total. The van der Waals surface area contributed by atoms with Crippen molar-refractivity contribution in [2.45, 2.75) is 20.3 Å². The Morgan fingerprint density at radius 3 is 2.55 bits per heavy atom. The molecule has 1 aliphatic heterocycles. The first-order valence-corrected chi connectivity index (χ1v) is 5.50. The van der Waals surface area contributed by atoms with Crippen molar-refractivity contribution in [1.82, 2.24) is 0 Å². The van der Waals surface area contributed by atoms with E-state index in [1.807, 2.05) is 0 Å². The van der Waals surface area contributed by atoms with Gasteiger partial charge in [-0.05, 0) is 11.8 Å². The van der Waals surface area contributed by atoms with Crippen LogP contribution in [0.25, 0.3) is 0 Å². The van der Waals surface area contributed by atoms with Crippen molar-refractivity contribution in [2.24, 2.45) is 5.41 Å². The molecule has 1 aliphatic rings. The Labute approximate surface area is 67.6 Å². The van der Waals surface area contributed by atoms with Crippen molar-refractivity contribution < 1.29 is 13.6 Å². The molecule has 0 radical (unpaired) electrons. The summed E-state index contributed by atoms with van der Waals surface area (Å²) in [5.41, 5.74) is 0.159. The zero-order valence-corrected chi connectivity index (χ0v) is 8.19. The summed E-state index contributed by atoms with van der Waals surface area (Å²) in [6, 6.07) is 0. The second-order valence-corrected chi connectivity index (χ2v) is 6.00. The molecule has 3 nitrogen and oxygen atoms in total. The highest BCUT2D eigenvalue weighted by molar-refractivity contribution is 7.53. The van der Waals surface area contributed by atoms with E-state index < -0.39 is 7.60 Å². The SMILES string of the molecule is COP1(=O)CCC(C)(C)CO1. The number of rotatable bonds is 1. The van der Waals surface area contributed by atoms with E-state index in [1.165, 1.54) is 7.11 Å². The normalized spacial score (nSPS) is 37.0. The van der Waals surface area contributed by atoms with Crippen LogP contribution in [-0.4, -0.2) is 19.9 Å². The van der Waals surface area contributed by atoms with E-state index in [0.717, 1.165) is 6.42 Å². The van der Waals surface area contributed by atoms with Crippen LogP contribution in [0.1, 0.15) is 20.3 Å². The maximum absolute atomic E-state index is 11.4. The lowest BCUT2D eigenvalue weighted by Gasteiger charge is -2.32. The third-order valence-corrected chi connectivity index (χ3v) is 3.84. The minimum Gasteiger partial charge on any atom is -0.312 e. The van der Waals surface area contributed by atoms with Crippen molar-refractivity contribution in [3.63, 3.8) is 0 Å². The van der Waals surface area contributed by atoms with E-state index in [0.29, 0.717) is 12.8 Å². The van der Waals surface area contributed by atoms with E-state index >= 15 is 0 Å². The van der Waals surface area contributed by atoms with Gasteiger partial charge in [-0.1, -0.05) is 13.8 Å². The molecule has 4 heteroatoms. The van der Waals surface area contributed by atoms with Gasteiger partial charge >= 0.3 is 7.60 Å². The lowest BCUT2D eigenvalue weighted by atomic mass is 9.92. The molecule has 1 unspecified atom stereocenters. The van der Waals surface area contributed by atoms with Crippen LogP contribution < -0.4 is 0 Å². The molecule has 0 aliphatic carbocycles. The molecule has 0 aromatic carbocycles. The second-order valence-electron chi connectivity index (χ2n) is 3.70. The van der Waals surface area contributed by atoms with E-state index in [-0.39, 0.29) is 5.41 Å². The molecule has 1 heterocycles. The third-order valence-electron chi connectivity index (χ3n) is 1.99. The first kappa shape index (κ1) is 9.24. The van der Waals surface area contributed by atoms with E-state index in [9.17, 15) is 4.57 Å². The van der Waals surface area contributed by atoms with Gasteiger partial charge in [0.15, 0.2) is 0 Å². The van der Waals surface area contributed by atoms with E-state index in [4.69, 9.17) is 9.05 Å². The lowest BCUT2D eigenvalue weighted by molar-refractivity contribution is 0.122. The number of hydrogen-bond donors (Lipinski definition) is 0. The smallest absolute Gasteiger partial charge is 0.312 e. The van der Waals surface area contributed by atoms with Crippen LogP contribution in [0.5, 0.6) is 0 Å². The zero-order chi connectivity index (χ0) is 8.54. The molecule has 11 heavy (non-hydrogen) atoms. The maximum Gasteiger partial charge on any atom is 0.330 e. The summed E-state index contributed by atoms with van der Waals surface area (Å²) in [6.07, 6.45) is 1.47. The van der Waals surface area contributed by atoms with Gasteiger partial charge in [0, 0.05) is 7.11 Å². The molecule has 1 atom stereocenters. The minimum atomic E-state index is -2.67. The monoisotopic (exact) mass is 178 g/mol. The average Bonchev–Trinajstić information content (AvgIpc) is 1.97. The summed E-state index contributed by atoms with van der Waals surface area (Å²) in [7, 11) is -1.23. The molecule has 0 amide bonds.